The molecule has 1 rings (SSSR count). The van der Waals surface area contributed by atoms with Gasteiger partial charge in [-0.1, -0.05) is 13.8 Å². The highest BCUT2D eigenvalue weighted by Crippen LogP contribution is 2.17. The molecule has 0 aromatic heterocycles. The summed E-state index contributed by atoms with van der Waals surface area (Å²) in [5.74, 6) is 1.96. The quantitative estimate of drug-likeness (QED) is 0.757. The van der Waals surface area contributed by atoms with Gasteiger partial charge in [0.2, 0.25) is 0 Å². The van der Waals surface area contributed by atoms with Crippen molar-refractivity contribution in [3.63, 3.8) is 0 Å². The van der Waals surface area contributed by atoms with Gasteiger partial charge in [-0.3, -0.25) is 0 Å². The Kier molecular flexibility index (Phi) is 4.67. The van der Waals surface area contributed by atoms with Crippen LogP contribution in [0.4, 0.5) is 0 Å². The van der Waals surface area contributed by atoms with Crippen LogP contribution in [0.1, 0.15) is 26.7 Å². The first-order valence-corrected chi connectivity index (χ1v) is 5.95. The number of hydrogen-bond acceptors (Lipinski definition) is 3. The van der Waals surface area contributed by atoms with Crippen LogP contribution >= 0.6 is 11.8 Å². The minimum absolute atomic E-state index is 0.0905. The van der Waals surface area contributed by atoms with Crippen molar-refractivity contribution in [3.8, 4) is 0 Å². The molecule has 1 aliphatic heterocycles. The Morgan fingerprint density at radius 1 is 1.62 bits per heavy atom. The number of ether oxygens (including phenoxy) is 1. The van der Waals surface area contributed by atoms with E-state index in [4.69, 9.17) is 10.5 Å². The standard InChI is InChI=1S/C10H19NOS/c1-8(2)13-7-9(11)10-5-3-4-6-12-10/h5,8-9H,3-4,6-7,11H2,1-2H3. The van der Waals surface area contributed by atoms with E-state index in [1.807, 2.05) is 11.8 Å². The lowest BCUT2D eigenvalue weighted by Gasteiger charge is -2.20. The van der Waals surface area contributed by atoms with Gasteiger partial charge in [-0.25, -0.2) is 0 Å². The third-order valence-electron chi connectivity index (χ3n) is 1.94. The van der Waals surface area contributed by atoms with E-state index in [2.05, 4.69) is 19.9 Å². The molecule has 0 bridgehead atoms. The van der Waals surface area contributed by atoms with Crippen LogP contribution in [0.15, 0.2) is 11.8 Å². The Balaban J connectivity index is 2.29. The van der Waals surface area contributed by atoms with Gasteiger partial charge in [0.15, 0.2) is 0 Å². The average molecular weight is 201 g/mol. The number of allylic oxidation sites excluding steroid dienone is 1. The maximum atomic E-state index is 5.98. The highest BCUT2D eigenvalue weighted by Gasteiger charge is 2.13. The second-order valence-electron chi connectivity index (χ2n) is 3.59. The monoisotopic (exact) mass is 201 g/mol. The van der Waals surface area contributed by atoms with Crippen molar-refractivity contribution in [3.05, 3.63) is 11.8 Å². The van der Waals surface area contributed by atoms with Crippen LogP contribution in [0, 0.1) is 0 Å². The molecule has 13 heavy (non-hydrogen) atoms. The van der Waals surface area contributed by atoms with Crippen LogP contribution in [0.2, 0.25) is 0 Å². The molecule has 0 aromatic rings. The molecular weight excluding hydrogens is 182 g/mol. The van der Waals surface area contributed by atoms with E-state index in [9.17, 15) is 0 Å². The molecule has 0 amide bonds. The smallest absolute Gasteiger partial charge is 0.110 e. The van der Waals surface area contributed by atoms with Crippen LogP contribution in [0.5, 0.6) is 0 Å². The van der Waals surface area contributed by atoms with Crippen molar-refractivity contribution in [2.24, 2.45) is 5.73 Å². The summed E-state index contributed by atoms with van der Waals surface area (Å²) < 4.78 is 5.49. The van der Waals surface area contributed by atoms with Crippen LogP contribution in [0.3, 0.4) is 0 Å². The Labute approximate surface area is 84.9 Å². The van der Waals surface area contributed by atoms with Gasteiger partial charge in [-0.05, 0) is 24.2 Å². The van der Waals surface area contributed by atoms with Gasteiger partial charge in [-0.2, -0.15) is 11.8 Å². The molecule has 1 unspecified atom stereocenters. The Hall–Kier alpha value is -0.150. The average Bonchev–Trinajstić information content (AvgIpc) is 2.15. The molecule has 2 N–H and O–H groups in total. The molecule has 0 radical (unpaired) electrons. The fourth-order valence-electron chi connectivity index (χ4n) is 1.21. The molecule has 0 saturated heterocycles. The van der Waals surface area contributed by atoms with E-state index < -0.39 is 0 Å². The molecule has 2 nitrogen and oxygen atoms in total. The van der Waals surface area contributed by atoms with E-state index >= 15 is 0 Å². The minimum Gasteiger partial charge on any atom is -0.497 e. The molecule has 0 spiro atoms. The number of rotatable bonds is 4. The maximum absolute atomic E-state index is 5.98. The van der Waals surface area contributed by atoms with E-state index in [0.717, 1.165) is 31.0 Å². The maximum Gasteiger partial charge on any atom is 0.110 e. The van der Waals surface area contributed by atoms with Gasteiger partial charge in [0.25, 0.3) is 0 Å². The summed E-state index contributed by atoms with van der Waals surface area (Å²) in [6.45, 7) is 5.22. The third kappa shape index (κ3) is 4.05. The summed E-state index contributed by atoms with van der Waals surface area (Å²) in [4.78, 5) is 0. The summed E-state index contributed by atoms with van der Waals surface area (Å²) in [6, 6.07) is 0.0905. The lowest BCUT2D eigenvalue weighted by molar-refractivity contribution is 0.179. The molecular formula is C10H19NOS. The number of nitrogens with two attached hydrogens (primary N) is 1. The largest absolute Gasteiger partial charge is 0.497 e. The van der Waals surface area contributed by atoms with Crippen molar-refractivity contribution in [1.82, 2.24) is 0 Å². The van der Waals surface area contributed by atoms with Crippen LogP contribution in [-0.2, 0) is 4.74 Å². The molecule has 0 saturated carbocycles. The van der Waals surface area contributed by atoms with Crippen LogP contribution in [0.25, 0.3) is 0 Å². The predicted molar refractivity (Wildman–Crippen MR) is 58.8 cm³/mol. The van der Waals surface area contributed by atoms with E-state index in [1.165, 1.54) is 0 Å². The van der Waals surface area contributed by atoms with Crippen molar-refractivity contribution < 1.29 is 4.74 Å². The van der Waals surface area contributed by atoms with Crippen molar-refractivity contribution in [2.45, 2.75) is 38.0 Å². The van der Waals surface area contributed by atoms with E-state index in [-0.39, 0.29) is 6.04 Å². The molecule has 3 heteroatoms. The van der Waals surface area contributed by atoms with Crippen molar-refractivity contribution >= 4 is 11.8 Å². The lowest BCUT2D eigenvalue weighted by Crippen LogP contribution is -2.29. The van der Waals surface area contributed by atoms with Gasteiger partial charge in [0.1, 0.15) is 5.76 Å². The topological polar surface area (TPSA) is 35.2 Å². The number of hydrogen-bond donors (Lipinski definition) is 1. The second kappa shape index (κ2) is 5.55. The van der Waals surface area contributed by atoms with Gasteiger partial charge in [0, 0.05) is 5.75 Å². The van der Waals surface area contributed by atoms with Crippen LogP contribution < -0.4 is 5.73 Å². The lowest BCUT2D eigenvalue weighted by atomic mass is 10.2. The summed E-state index contributed by atoms with van der Waals surface area (Å²) in [6.07, 6.45) is 4.39. The second-order valence-corrected chi connectivity index (χ2v) is 5.20. The Bertz CT molecular complexity index is 180. The number of thioether (sulfide) groups is 1. The van der Waals surface area contributed by atoms with E-state index in [1.54, 1.807) is 0 Å². The first-order valence-electron chi connectivity index (χ1n) is 4.90. The van der Waals surface area contributed by atoms with Gasteiger partial charge < -0.3 is 10.5 Å². The highest BCUT2D eigenvalue weighted by molar-refractivity contribution is 7.99. The summed E-state index contributed by atoms with van der Waals surface area (Å²) in [7, 11) is 0. The summed E-state index contributed by atoms with van der Waals surface area (Å²) in [5.41, 5.74) is 5.98. The molecule has 0 aliphatic carbocycles. The normalized spacial score (nSPS) is 19.5. The molecule has 1 aliphatic rings. The van der Waals surface area contributed by atoms with E-state index in [0.29, 0.717) is 5.25 Å². The zero-order valence-electron chi connectivity index (χ0n) is 8.45. The fraction of sp³-hybridized carbons (Fsp3) is 0.800. The molecule has 0 fully saturated rings. The highest BCUT2D eigenvalue weighted by atomic mass is 32.2. The Morgan fingerprint density at radius 3 is 2.92 bits per heavy atom. The molecule has 76 valence electrons. The first kappa shape index (κ1) is 10.9. The van der Waals surface area contributed by atoms with Gasteiger partial charge in [0.05, 0.1) is 12.6 Å². The molecule has 1 atom stereocenters. The molecule has 0 aromatic carbocycles. The van der Waals surface area contributed by atoms with Gasteiger partial charge >= 0.3 is 0 Å². The summed E-state index contributed by atoms with van der Waals surface area (Å²) in [5, 5.41) is 0.648. The predicted octanol–water partition coefficient (Wildman–Crippen LogP) is 2.15. The van der Waals surface area contributed by atoms with Crippen molar-refractivity contribution in [2.75, 3.05) is 12.4 Å². The van der Waals surface area contributed by atoms with Crippen LogP contribution in [-0.4, -0.2) is 23.7 Å². The Morgan fingerprint density at radius 2 is 2.38 bits per heavy atom. The van der Waals surface area contributed by atoms with Crippen molar-refractivity contribution in [1.29, 1.82) is 0 Å². The van der Waals surface area contributed by atoms with Gasteiger partial charge in [-0.15, -0.1) is 0 Å². The zero-order valence-corrected chi connectivity index (χ0v) is 9.27. The molecule has 1 heterocycles. The third-order valence-corrected chi connectivity index (χ3v) is 3.16. The fourth-order valence-corrected chi connectivity index (χ4v) is 1.97. The first-order chi connectivity index (χ1) is 6.20. The zero-order chi connectivity index (χ0) is 9.68. The minimum atomic E-state index is 0.0905. The SMILES string of the molecule is CC(C)SCC(N)C1=CCCCO1. The summed E-state index contributed by atoms with van der Waals surface area (Å²) >= 11 is 1.89.